The Bertz CT molecular complexity index is 472. The molecule has 2 aromatic heterocycles. The van der Waals surface area contributed by atoms with Gasteiger partial charge < -0.3 is 5.43 Å². The Hall–Kier alpha value is -1.18. The van der Waals surface area contributed by atoms with E-state index in [1.165, 1.54) is 11.8 Å². The Labute approximate surface area is 108 Å². The maximum absolute atomic E-state index is 5.39. The molecule has 90 valence electrons. The van der Waals surface area contributed by atoms with Crippen molar-refractivity contribution in [2.24, 2.45) is 5.84 Å². The largest absolute Gasteiger partial charge is 0.308 e. The van der Waals surface area contributed by atoms with E-state index < -0.39 is 0 Å². The van der Waals surface area contributed by atoms with Gasteiger partial charge in [0.25, 0.3) is 0 Å². The predicted molar refractivity (Wildman–Crippen MR) is 70.1 cm³/mol. The van der Waals surface area contributed by atoms with E-state index >= 15 is 0 Å². The van der Waals surface area contributed by atoms with Gasteiger partial charge in [0.1, 0.15) is 16.7 Å². The van der Waals surface area contributed by atoms with E-state index in [4.69, 9.17) is 5.84 Å². The Morgan fingerprint density at radius 2 is 2.35 bits per heavy atom. The number of anilines is 1. The molecule has 2 rings (SSSR count). The van der Waals surface area contributed by atoms with Gasteiger partial charge in [0.15, 0.2) is 4.34 Å². The molecule has 0 aliphatic heterocycles. The summed E-state index contributed by atoms with van der Waals surface area (Å²) in [6.07, 6.45) is 3.64. The van der Waals surface area contributed by atoms with Crippen LogP contribution in [-0.4, -0.2) is 15.0 Å². The van der Waals surface area contributed by atoms with Crippen LogP contribution in [0.25, 0.3) is 0 Å². The molecule has 2 aromatic rings. The van der Waals surface area contributed by atoms with Crippen molar-refractivity contribution in [3.8, 4) is 0 Å². The number of hydrogen-bond donors (Lipinski definition) is 2. The number of thiazole rings is 1. The third-order valence-electron chi connectivity index (χ3n) is 1.97. The number of hydrazine groups is 1. The summed E-state index contributed by atoms with van der Waals surface area (Å²) in [5, 5.41) is 2.81. The number of nitrogens with zero attached hydrogens (tertiary/aromatic N) is 3. The Kier molecular flexibility index (Phi) is 4.29. The number of rotatable bonds is 5. The summed E-state index contributed by atoms with van der Waals surface area (Å²) in [6, 6.07) is 1.82. The Balaban J connectivity index is 2.23. The minimum Gasteiger partial charge on any atom is -0.308 e. The first-order valence-electron chi connectivity index (χ1n) is 5.23. The van der Waals surface area contributed by atoms with Gasteiger partial charge in [-0.05, 0) is 18.2 Å². The second-order valence-electron chi connectivity index (χ2n) is 3.30. The fourth-order valence-corrected chi connectivity index (χ4v) is 2.87. The molecule has 0 unspecified atom stereocenters. The minimum atomic E-state index is 0.641. The average molecular weight is 267 g/mol. The fourth-order valence-electron chi connectivity index (χ4n) is 1.28. The average Bonchev–Trinajstić information content (AvgIpc) is 2.82. The number of nitrogens with one attached hydrogen (secondary N) is 1. The lowest BCUT2D eigenvalue weighted by Crippen LogP contribution is -2.10. The summed E-state index contributed by atoms with van der Waals surface area (Å²) in [4.78, 5) is 13.0. The topological polar surface area (TPSA) is 76.7 Å². The lowest BCUT2D eigenvalue weighted by molar-refractivity contribution is 0.810. The molecule has 0 amide bonds. The molecule has 3 N–H and O–H groups in total. The summed E-state index contributed by atoms with van der Waals surface area (Å²) in [7, 11) is 0. The van der Waals surface area contributed by atoms with E-state index in [-0.39, 0.29) is 0 Å². The molecule has 0 bridgehead atoms. The fraction of sp³-hybridized carbons (Fsp3) is 0.300. The molecule has 17 heavy (non-hydrogen) atoms. The normalized spacial score (nSPS) is 10.5. The monoisotopic (exact) mass is 267 g/mol. The van der Waals surface area contributed by atoms with Crippen LogP contribution >= 0.6 is 23.1 Å². The van der Waals surface area contributed by atoms with E-state index in [1.54, 1.807) is 17.5 Å². The zero-order chi connectivity index (χ0) is 12.1. The lowest BCUT2D eigenvalue weighted by Gasteiger charge is -2.05. The van der Waals surface area contributed by atoms with Crippen molar-refractivity contribution < 1.29 is 0 Å². The summed E-state index contributed by atoms with van der Waals surface area (Å²) in [5.41, 5.74) is 2.56. The van der Waals surface area contributed by atoms with Crippen molar-refractivity contribution >= 4 is 28.9 Å². The van der Waals surface area contributed by atoms with Gasteiger partial charge in [0.05, 0.1) is 0 Å². The first-order chi connectivity index (χ1) is 8.31. The highest BCUT2D eigenvalue weighted by molar-refractivity contribution is 8.01. The number of hydrogen-bond acceptors (Lipinski definition) is 7. The molecule has 0 aliphatic rings. The number of nitrogen functional groups attached to an aromatic ring is 1. The third-order valence-corrected chi connectivity index (χ3v) is 3.77. The highest BCUT2D eigenvalue weighted by Gasteiger charge is 2.06. The van der Waals surface area contributed by atoms with Gasteiger partial charge in [0.2, 0.25) is 0 Å². The minimum absolute atomic E-state index is 0.641. The molecular weight excluding hydrogens is 254 g/mol. The summed E-state index contributed by atoms with van der Waals surface area (Å²) >= 11 is 3.11. The molecule has 0 aromatic carbocycles. The molecule has 0 atom stereocenters. The summed E-state index contributed by atoms with van der Waals surface area (Å²) in [5.74, 6) is 6.84. The third kappa shape index (κ3) is 3.39. The van der Waals surface area contributed by atoms with Crippen LogP contribution in [0.1, 0.15) is 19.2 Å². The van der Waals surface area contributed by atoms with Crippen LogP contribution in [0.2, 0.25) is 0 Å². The highest BCUT2D eigenvalue weighted by atomic mass is 32.2. The molecule has 0 radical (unpaired) electrons. The van der Waals surface area contributed by atoms with Crippen molar-refractivity contribution in [3.63, 3.8) is 0 Å². The molecule has 2 heterocycles. The van der Waals surface area contributed by atoms with Crippen LogP contribution < -0.4 is 11.3 Å². The Morgan fingerprint density at radius 3 is 3.00 bits per heavy atom. The maximum atomic E-state index is 5.39. The highest BCUT2D eigenvalue weighted by Crippen LogP contribution is 2.28. The van der Waals surface area contributed by atoms with Gasteiger partial charge in [-0.1, -0.05) is 6.92 Å². The van der Waals surface area contributed by atoms with Crippen LogP contribution in [-0.2, 0) is 6.42 Å². The molecule has 0 spiro atoms. The van der Waals surface area contributed by atoms with Gasteiger partial charge >= 0.3 is 0 Å². The molecule has 0 fully saturated rings. The zero-order valence-electron chi connectivity index (χ0n) is 9.38. The van der Waals surface area contributed by atoms with Crippen LogP contribution in [0, 0.1) is 0 Å². The summed E-state index contributed by atoms with van der Waals surface area (Å²) < 4.78 is 0.967. The van der Waals surface area contributed by atoms with Gasteiger partial charge in [-0.25, -0.2) is 20.8 Å². The van der Waals surface area contributed by atoms with E-state index in [2.05, 4.69) is 27.3 Å². The number of aromatic nitrogens is 3. The van der Waals surface area contributed by atoms with Crippen LogP contribution in [0.5, 0.6) is 0 Å². The maximum Gasteiger partial charge on any atom is 0.156 e. The van der Waals surface area contributed by atoms with Gasteiger partial charge in [-0.3, -0.25) is 0 Å². The smallest absolute Gasteiger partial charge is 0.156 e. The Morgan fingerprint density at radius 1 is 1.47 bits per heavy atom. The molecule has 0 saturated carbocycles. The van der Waals surface area contributed by atoms with Gasteiger partial charge in [0, 0.05) is 24.1 Å². The first-order valence-corrected chi connectivity index (χ1v) is 6.93. The van der Waals surface area contributed by atoms with E-state index in [0.717, 1.165) is 28.0 Å². The SMILES string of the molecule is CCCc1nc(NN)cc(Sc2nccs2)n1. The first kappa shape index (κ1) is 12.3. The quantitative estimate of drug-likeness (QED) is 0.492. The molecule has 7 heteroatoms. The van der Waals surface area contributed by atoms with E-state index in [1.807, 2.05) is 11.4 Å². The van der Waals surface area contributed by atoms with Crippen molar-refractivity contribution in [1.82, 2.24) is 15.0 Å². The number of aryl methyl sites for hydroxylation is 1. The standard InChI is InChI=1S/C10H13N5S2/c1-2-3-7-13-8(15-11)6-9(14-7)17-10-12-4-5-16-10/h4-6H,2-3,11H2,1H3,(H,13,14,15). The second-order valence-corrected chi connectivity index (χ2v) is 5.46. The van der Waals surface area contributed by atoms with Gasteiger partial charge in [-0.15, -0.1) is 11.3 Å². The van der Waals surface area contributed by atoms with E-state index in [9.17, 15) is 0 Å². The molecular formula is C10H13N5S2. The number of nitrogens with two attached hydrogens (primary N) is 1. The second kappa shape index (κ2) is 5.95. The van der Waals surface area contributed by atoms with Crippen molar-refractivity contribution in [2.75, 3.05) is 5.43 Å². The van der Waals surface area contributed by atoms with Crippen molar-refractivity contribution in [1.29, 1.82) is 0 Å². The van der Waals surface area contributed by atoms with Crippen LogP contribution in [0.4, 0.5) is 5.82 Å². The molecule has 0 aliphatic carbocycles. The van der Waals surface area contributed by atoms with Crippen molar-refractivity contribution in [3.05, 3.63) is 23.5 Å². The predicted octanol–water partition coefficient (Wildman–Crippen LogP) is 2.32. The van der Waals surface area contributed by atoms with Gasteiger partial charge in [-0.2, -0.15) is 0 Å². The van der Waals surface area contributed by atoms with E-state index in [0.29, 0.717) is 5.82 Å². The molecule has 0 saturated heterocycles. The van der Waals surface area contributed by atoms with Crippen LogP contribution in [0.3, 0.4) is 0 Å². The summed E-state index contributed by atoms with van der Waals surface area (Å²) in [6.45, 7) is 2.10. The lowest BCUT2D eigenvalue weighted by atomic mass is 10.3. The van der Waals surface area contributed by atoms with Crippen LogP contribution in [0.15, 0.2) is 27.0 Å². The zero-order valence-corrected chi connectivity index (χ0v) is 11.0. The van der Waals surface area contributed by atoms with Crippen molar-refractivity contribution in [2.45, 2.75) is 29.1 Å². The molecule has 5 nitrogen and oxygen atoms in total.